The van der Waals surface area contributed by atoms with Crippen molar-refractivity contribution >= 4 is 51.6 Å². The number of thiophene rings is 1. The molecule has 0 saturated heterocycles. The van der Waals surface area contributed by atoms with Gasteiger partial charge in [-0.2, -0.15) is 0 Å². The van der Waals surface area contributed by atoms with Crippen LogP contribution in [0.5, 0.6) is 0 Å². The van der Waals surface area contributed by atoms with Crippen LogP contribution in [0.4, 0.5) is 5.69 Å². The number of rotatable bonds is 6. The molecule has 3 aromatic rings. The average molecular weight is 517 g/mol. The third kappa shape index (κ3) is 5.15. The molecule has 0 radical (unpaired) electrons. The first-order valence-electron chi connectivity index (χ1n) is 11.9. The van der Waals surface area contributed by atoms with Gasteiger partial charge < -0.3 is 5.32 Å². The fraction of sp³-hybridized carbons (Fsp3) is 0.286. The molecule has 0 saturated carbocycles. The van der Waals surface area contributed by atoms with Gasteiger partial charge in [-0.05, 0) is 40.1 Å². The van der Waals surface area contributed by atoms with E-state index in [4.69, 9.17) is 9.98 Å². The van der Waals surface area contributed by atoms with Crippen LogP contribution in [0.25, 0.3) is 0 Å². The predicted molar refractivity (Wildman–Crippen MR) is 148 cm³/mol. The Morgan fingerprint density at radius 1 is 1.08 bits per heavy atom. The smallest absolute Gasteiger partial charge is 0.259 e. The molecule has 0 aliphatic carbocycles. The Hall–Kier alpha value is -3.23. The van der Waals surface area contributed by atoms with Crippen molar-refractivity contribution in [2.24, 2.45) is 9.98 Å². The van der Waals surface area contributed by atoms with Crippen LogP contribution in [0.15, 0.2) is 76.0 Å². The first kappa shape index (κ1) is 24.5. The van der Waals surface area contributed by atoms with Crippen LogP contribution in [0, 0.1) is 0 Å². The summed E-state index contributed by atoms with van der Waals surface area (Å²) in [4.78, 5) is 38.2. The number of hydrogen-bond donors (Lipinski definition) is 1. The Morgan fingerprint density at radius 3 is 2.58 bits per heavy atom. The highest BCUT2D eigenvalue weighted by atomic mass is 32.2. The standard InChI is InChI=1S/C28H28N4O2S2/c1-28(2,3)19-12-10-18(11-13-19)17-36-27-31-22-9-5-4-8-21(22)25-30-23(26(34)32(25)27)15-24(33)29-16-20-7-6-14-35-20/h4-14,23H,15-17H2,1-3H3,(H,29,33)/t23-/m1/s1. The predicted octanol–water partition coefficient (Wildman–Crippen LogP) is 5.64. The highest BCUT2D eigenvalue weighted by Crippen LogP contribution is 2.35. The fourth-order valence-electron chi connectivity index (χ4n) is 4.13. The Bertz CT molecular complexity index is 1340. The zero-order valence-corrected chi connectivity index (χ0v) is 22.2. The van der Waals surface area contributed by atoms with Crippen molar-refractivity contribution in [2.75, 3.05) is 0 Å². The van der Waals surface area contributed by atoms with E-state index in [0.717, 1.165) is 21.7 Å². The minimum Gasteiger partial charge on any atom is -0.351 e. The minimum atomic E-state index is -0.758. The van der Waals surface area contributed by atoms with Gasteiger partial charge in [0.05, 0.1) is 18.7 Å². The summed E-state index contributed by atoms with van der Waals surface area (Å²) in [6, 6.07) is 19.4. The zero-order chi connectivity index (χ0) is 25.3. The first-order valence-corrected chi connectivity index (χ1v) is 13.8. The molecule has 3 heterocycles. The lowest BCUT2D eigenvalue weighted by Gasteiger charge is -2.25. The zero-order valence-electron chi connectivity index (χ0n) is 20.5. The van der Waals surface area contributed by atoms with Crippen molar-refractivity contribution in [1.29, 1.82) is 0 Å². The van der Waals surface area contributed by atoms with Gasteiger partial charge in [0.15, 0.2) is 5.17 Å². The van der Waals surface area contributed by atoms with E-state index in [1.165, 1.54) is 17.3 Å². The normalized spacial score (nSPS) is 16.8. The molecule has 1 aromatic heterocycles. The Balaban J connectivity index is 1.32. The summed E-state index contributed by atoms with van der Waals surface area (Å²) in [6.45, 7) is 7.05. The molecule has 0 fully saturated rings. The molecule has 2 amide bonds. The molecule has 8 heteroatoms. The molecular formula is C28H28N4O2S2. The number of amidine groups is 2. The summed E-state index contributed by atoms with van der Waals surface area (Å²) >= 11 is 3.10. The summed E-state index contributed by atoms with van der Waals surface area (Å²) in [5.74, 6) is 0.853. The van der Waals surface area contributed by atoms with Gasteiger partial charge in [-0.1, -0.05) is 75.0 Å². The van der Waals surface area contributed by atoms with E-state index < -0.39 is 6.04 Å². The third-order valence-corrected chi connectivity index (χ3v) is 8.04. The number of carbonyl (C=O) groups is 2. The van der Waals surface area contributed by atoms with E-state index in [1.807, 2.05) is 41.8 Å². The number of aliphatic imine (C=N–C) groups is 2. The van der Waals surface area contributed by atoms with Crippen LogP contribution >= 0.6 is 23.1 Å². The van der Waals surface area contributed by atoms with Crippen molar-refractivity contribution in [3.63, 3.8) is 0 Å². The molecule has 0 unspecified atom stereocenters. The van der Waals surface area contributed by atoms with Crippen molar-refractivity contribution in [3.8, 4) is 0 Å². The molecule has 184 valence electrons. The number of carbonyl (C=O) groups excluding carboxylic acids is 2. The maximum absolute atomic E-state index is 13.4. The maximum Gasteiger partial charge on any atom is 0.259 e. The fourth-order valence-corrected chi connectivity index (χ4v) is 5.73. The SMILES string of the molecule is CC(C)(C)c1ccc(CSC2=Nc3ccccc3C3=N[C@H](CC(=O)NCc4cccs4)C(=O)N23)cc1. The second kappa shape index (κ2) is 10.0. The van der Waals surface area contributed by atoms with Crippen molar-refractivity contribution in [2.45, 2.75) is 50.9 Å². The molecule has 2 aromatic carbocycles. The lowest BCUT2D eigenvalue weighted by atomic mass is 9.87. The lowest BCUT2D eigenvalue weighted by molar-refractivity contribution is -0.128. The number of nitrogens with one attached hydrogen (secondary N) is 1. The largest absolute Gasteiger partial charge is 0.351 e. The van der Waals surface area contributed by atoms with Crippen LogP contribution < -0.4 is 5.32 Å². The average Bonchev–Trinajstić information content (AvgIpc) is 3.49. The maximum atomic E-state index is 13.4. The molecule has 0 spiro atoms. The van der Waals surface area contributed by atoms with Crippen LogP contribution in [0.1, 0.15) is 48.8 Å². The number of benzene rings is 2. The number of fused-ring (bicyclic) bond motifs is 3. The van der Waals surface area contributed by atoms with E-state index in [2.05, 4.69) is 50.4 Å². The quantitative estimate of drug-likeness (QED) is 0.461. The monoisotopic (exact) mass is 516 g/mol. The van der Waals surface area contributed by atoms with Crippen LogP contribution in [0.2, 0.25) is 0 Å². The van der Waals surface area contributed by atoms with E-state index >= 15 is 0 Å². The van der Waals surface area contributed by atoms with Gasteiger partial charge in [0.25, 0.3) is 5.91 Å². The van der Waals surface area contributed by atoms with Crippen LogP contribution in [-0.2, 0) is 27.3 Å². The molecule has 0 bridgehead atoms. The summed E-state index contributed by atoms with van der Waals surface area (Å²) in [7, 11) is 0. The molecule has 36 heavy (non-hydrogen) atoms. The molecule has 1 N–H and O–H groups in total. The Labute approximate surface area is 219 Å². The second-order valence-electron chi connectivity index (χ2n) is 9.85. The van der Waals surface area contributed by atoms with Gasteiger partial charge in [-0.15, -0.1) is 11.3 Å². The van der Waals surface area contributed by atoms with E-state index in [0.29, 0.717) is 23.3 Å². The number of amides is 2. The van der Waals surface area contributed by atoms with Gasteiger partial charge in [0, 0.05) is 16.2 Å². The van der Waals surface area contributed by atoms with Crippen molar-refractivity contribution in [1.82, 2.24) is 10.2 Å². The van der Waals surface area contributed by atoms with Gasteiger partial charge in [0.1, 0.15) is 11.9 Å². The third-order valence-electron chi connectivity index (χ3n) is 6.15. The van der Waals surface area contributed by atoms with Crippen molar-refractivity contribution in [3.05, 3.63) is 87.6 Å². The summed E-state index contributed by atoms with van der Waals surface area (Å²) in [6.07, 6.45) is 0.0125. The van der Waals surface area contributed by atoms with Gasteiger partial charge in [0.2, 0.25) is 5.91 Å². The molecular weight excluding hydrogens is 488 g/mol. The van der Waals surface area contributed by atoms with E-state index in [1.54, 1.807) is 16.2 Å². The molecule has 1 atom stereocenters. The summed E-state index contributed by atoms with van der Waals surface area (Å²) in [5, 5.41) is 5.47. The number of thioether (sulfide) groups is 1. The number of para-hydroxylation sites is 1. The number of nitrogens with zero attached hydrogens (tertiary/aromatic N) is 3. The van der Waals surface area contributed by atoms with E-state index in [-0.39, 0.29) is 23.7 Å². The van der Waals surface area contributed by atoms with Gasteiger partial charge >= 0.3 is 0 Å². The summed E-state index contributed by atoms with van der Waals surface area (Å²) in [5.41, 5.74) is 4.13. The molecule has 2 aliphatic rings. The molecule has 5 rings (SSSR count). The van der Waals surface area contributed by atoms with Crippen LogP contribution in [-0.4, -0.2) is 33.8 Å². The number of hydrogen-bond acceptors (Lipinski definition) is 6. The van der Waals surface area contributed by atoms with Crippen molar-refractivity contribution < 1.29 is 9.59 Å². The van der Waals surface area contributed by atoms with E-state index in [9.17, 15) is 9.59 Å². The minimum absolute atomic E-state index is 0.0125. The van der Waals surface area contributed by atoms with Crippen LogP contribution in [0.3, 0.4) is 0 Å². The molecule has 2 aliphatic heterocycles. The molecule has 6 nitrogen and oxygen atoms in total. The van der Waals surface area contributed by atoms with Gasteiger partial charge in [-0.3, -0.25) is 14.6 Å². The summed E-state index contributed by atoms with van der Waals surface area (Å²) < 4.78 is 0. The van der Waals surface area contributed by atoms with Gasteiger partial charge in [-0.25, -0.2) is 9.89 Å². The highest BCUT2D eigenvalue weighted by molar-refractivity contribution is 8.13. The Morgan fingerprint density at radius 2 is 1.86 bits per heavy atom. The Kier molecular flexibility index (Phi) is 6.81. The topological polar surface area (TPSA) is 74.1 Å². The second-order valence-corrected chi connectivity index (χ2v) is 11.8. The highest BCUT2D eigenvalue weighted by Gasteiger charge is 2.42. The first-order chi connectivity index (χ1) is 17.3. The lowest BCUT2D eigenvalue weighted by Crippen LogP contribution is -2.42.